The van der Waals surface area contributed by atoms with Crippen molar-refractivity contribution in [3.05, 3.63) is 221 Å². The van der Waals surface area contributed by atoms with Gasteiger partial charge in [0.15, 0.2) is 0 Å². The second-order valence-corrected chi connectivity index (χ2v) is 16.9. The van der Waals surface area contributed by atoms with E-state index in [4.69, 9.17) is 0 Å². The fraction of sp³-hybridized carbons (Fsp3) is 0.111. The molecule has 0 aliphatic carbocycles. The van der Waals surface area contributed by atoms with Crippen LogP contribution in [0.25, 0.3) is 0 Å². The zero-order chi connectivity index (χ0) is 47.8. The number of pyridine rings is 2. The van der Waals surface area contributed by atoms with Gasteiger partial charge >= 0.3 is 0 Å². The Labute approximate surface area is 473 Å². The minimum absolute atomic E-state index is 0. The van der Waals surface area contributed by atoms with E-state index in [0.717, 1.165) is 141 Å². The fourth-order valence-electron chi connectivity index (χ4n) is 9.39. The van der Waals surface area contributed by atoms with E-state index in [0.29, 0.717) is 0 Å². The summed E-state index contributed by atoms with van der Waals surface area (Å²) in [7, 11) is 0. The molecule has 0 N–H and O–H groups in total. The second-order valence-electron chi connectivity index (χ2n) is 16.9. The topological polar surface area (TPSA) is 174 Å². The Morgan fingerprint density at radius 2 is 0.720 bits per heavy atom. The van der Waals surface area contributed by atoms with Gasteiger partial charge in [-0.15, -0.1) is 97.7 Å². The van der Waals surface area contributed by atoms with Gasteiger partial charge in [-0.05, 0) is 35.4 Å². The Morgan fingerprint density at radius 3 is 1.19 bits per heavy atom. The van der Waals surface area contributed by atoms with E-state index in [1.165, 1.54) is 0 Å². The number of fused-ring (bicyclic) bond motifs is 6. The zero-order valence-electron chi connectivity index (χ0n) is 39.4. The van der Waals surface area contributed by atoms with Gasteiger partial charge in [0.25, 0.3) is 0 Å². The van der Waals surface area contributed by atoms with Crippen molar-refractivity contribution >= 4 is 68.8 Å². The van der Waals surface area contributed by atoms with Crippen molar-refractivity contribution in [3.8, 4) is 0 Å². The van der Waals surface area contributed by atoms with Crippen molar-refractivity contribution in [2.75, 3.05) is 29.4 Å². The second kappa shape index (κ2) is 22.8. The van der Waals surface area contributed by atoms with E-state index in [9.17, 15) is 0 Å². The molecule has 9 aromatic rings. The molecule has 0 saturated carbocycles. The summed E-state index contributed by atoms with van der Waals surface area (Å²) >= 11 is 0. The van der Waals surface area contributed by atoms with E-state index in [1.807, 2.05) is 108 Å². The first-order chi connectivity index (χ1) is 35.7. The van der Waals surface area contributed by atoms with Crippen LogP contribution >= 0.6 is 0 Å². The molecule has 6 aliphatic rings. The Balaban J connectivity index is 0.000000126. The molecule has 0 fully saturated rings. The van der Waals surface area contributed by atoms with Crippen LogP contribution in [-0.4, -0.2) is 59.8 Å². The first-order valence-electron chi connectivity index (χ1n) is 23.3. The van der Waals surface area contributed by atoms with Crippen LogP contribution in [0.2, 0.25) is 0 Å². The van der Waals surface area contributed by atoms with Gasteiger partial charge < -0.3 is 35.5 Å². The monoisotopic (exact) mass is 1520 g/mol. The first-order valence-corrected chi connectivity index (χ1v) is 23.3. The molecule has 0 bridgehead atoms. The maximum absolute atomic E-state index is 4.41. The maximum atomic E-state index is 4.41. The molecule has 0 atom stereocenters. The van der Waals surface area contributed by atoms with Crippen molar-refractivity contribution in [1.82, 2.24) is 59.8 Å². The average Bonchev–Trinajstić information content (AvgIpc) is 4.33. The molecule has 18 nitrogen and oxygen atoms in total. The predicted molar refractivity (Wildman–Crippen MR) is 269 cm³/mol. The van der Waals surface area contributed by atoms with Gasteiger partial charge in [0.05, 0.1) is 12.4 Å². The summed E-state index contributed by atoms with van der Waals surface area (Å²) in [6, 6.07) is 30.5. The molecule has 13 heterocycles. The van der Waals surface area contributed by atoms with Crippen molar-refractivity contribution < 1.29 is 59.4 Å². The van der Waals surface area contributed by atoms with Gasteiger partial charge in [0, 0.05) is 130 Å². The number of anilines is 12. The molecule has 6 aliphatic heterocycles. The summed E-state index contributed by atoms with van der Waals surface area (Å²) in [4.78, 5) is 63.9. The van der Waals surface area contributed by atoms with Crippen LogP contribution in [0.3, 0.4) is 0 Å². The van der Waals surface area contributed by atoms with E-state index in [1.54, 1.807) is 31.6 Å². The van der Waals surface area contributed by atoms with Gasteiger partial charge in [-0.1, -0.05) is 11.6 Å². The SMILES string of the molecule is [Os].[Os].[Os].[c-]1c(N2[CH-]Cc3cncnc32)cccc1N1[CH-]Cc2cncnc21.[c-]1c(N2[CH-]Cc3ncccc32)ncnc1N1[CH-]Cc2ncccc21.[c-]1c(N2[CH-]Cc3ncncc32)cccc1N1[CH-]Cc2ncncc21. The molecule has 0 saturated heterocycles. The molecule has 0 unspecified atom stereocenters. The Hall–Kier alpha value is -7.15. The standard InChI is InChI=1S/3C18H13N6.3Os/c1-3-15-13(19-7-1)5-9-23(15)17-11-18(22-12-21-17)24-10-6-14-16(24)4-2-8-20-14;1-2-15(23-6-4-13-9-19-11-21-17(13)23)8-16(3-1)24-7-5-14-10-20-12-22-18(14)24;1-2-13(23-6-4-15-17(23)9-19-11-21-15)8-14(3-1)24-7-5-16-18(24)10-20-12-22-16;;;/h1-4,7-10,12H,5-6H2;2*1-3,6-7,9-12H,4-5H2;;;/q3*-3;;;. The minimum Gasteiger partial charge on any atom is -0.511 e. The van der Waals surface area contributed by atoms with Crippen molar-refractivity contribution in [2.24, 2.45) is 0 Å². The summed E-state index contributed by atoms with van der Waals surface area (Å²) in [5.74, 6) is 3.29. The van der Waals surface area contributed by atoms with Crippen LogP contribution < -0.4 is 29.4 Å². The van der Waals surface area contributed by atoms with E-state index < -0.39 is 0 Å². The largest absolute Gasteiger partial charge is 0.511 e. The molecule has 75 heavy (non-hydrogen) atoms. The first kappa shape index (κ1) is 51.3. The number of rotatable bonds is 6. The van der Waals surface area contributed by atoms with Crippen molar-refractivity contribution in [2.45, 2.75) is 38.5 Å². The quantitative estimate of drug-likeness (QED) is 0.145. The van der Waals surface area contributed by atoms with Crippen LogP contribution in [0.5, 0.6) is 0 Å². The molecule has 15 rings (SSSR count). The summed E-state index contributed by atoms with van der Waals surface area (Å²) in [6.45, 7) is 12.6. The number of benzene rings is 2. The molecule has 2 aromatic carbocycles. The third kappa shape index (κ3) is 10.1. The predicted octanol–water partition coefficient (Wildman–Crippen LogP) is 8.33. The van der Waals surface area contributed by atoms with E-state index >= 15 is 0 Å². The third-order valence-corrected chi connectivity index (χ3v) is 12.8. The molecule has 378 valence electrons. The Bertz CT molecular complexity index is 2890. The molecular formula is C54H39N18Os3-9. The normalized spacial score (nSPS) is 14.9. The Kier molecular flexibility index (Phi) is 15.6. The molecule has 7 aromatic heterocycles. The maximum Gasteiger partial charge on any atom is 0.117 e. The molecule has 21 heteroatoms. The van der Waals surface area contributed by atoms with Gasteiger partial charge in [-0.25, -0.2) is 79.1 Å². The van der Waals surface area contributed by atoms with Crippen molar-refractivity contribution in [3.63, 3.8) is 0 Å². The minimum atomic E-state index is 0. The molecular weight excluding hydrogens is 1470 g/mol. The van der Waals surface area contributed by atoms with Crippen LogP contribution in [0.4, 0.5) is 68.8 Å². The summed E-state index contributed by atoms with van der Waals surface area (Å²) in [6.07, 6.45) is 23.8. The number of hydrogen-bond donors (Lipinski definition) is 0. The molecule has 0 spiro atoms. The number of hydrogen-bond acceptors (Lipinski definition) is 18. The number of aromatic nitrogens is 12. The van der Waals surface area contributed by atoms with Gasteiger partial charge in [0.1, 0.15) is 43.3 Å². The third-order valence-electron chi connectivity index (χ3n) is 12.8. The van der Waals surface area contributed by atoms with E-state index in [-0.39, 0.29) is 59.4 Å². The average molecular weight is 1510 g/mol. The van der Waals surface area contributed by atoms with E-state index in [2.05, 4.69) is 137 Å². The zero-order valence-corrected chi connectivity index (χ0v) is 47.1. The molecule has 0 amide bonds. The summed E-state index contributed by atoms with van der Waals surface area (Å²) < 4.78 is 0. The number of nitrogens with zero attached hydrogens (tertiary/aromatic N) is 18. The summed E-state index contributed by atoms with van der Waals surface area (Å²) in [5, 5.41) is 0. The van der Waals surface area contributed by atoms with Gasteiger partial charge in [-0.3, -0.25) is 19.9 Å². The fourth-order valence-corrected chi connectivity index (χ4v) is 9.39. The van der Waals surface area contributed by atoms with Crippen LogP contribution in [0, 0.1) is 57.5 Å². The van der Waals surface area contributed by atoms with Crippen LogP contribution in [0.15, 0.2) is 129 Å². The van der Waals surface area contributed by atoms with Crippen molar-refractivity contribution in [1.29, 1.82) is 0 Å². The summed E-state index contributed by atoms with van der Waals surface area (Å²) in [5.41, 5.74) is 14.4. The molecule has 0 radical (unpaired) electrons. The van der Waals surface area contributed by atoms with Gasteiger partial charge in [-0.2, -0.15) is 12.1 Å². The Morgan fingerprint density at radius 1 is 0.333 bits per heavy atom. The van der Waals surface area contributed by atoms with Gasteiger partial charge in [0.2, 0.25) is 0 Å². The smallest absolute Gasteiger partial charge is 0.117 e. The van der Waals surface area contributed by atoms with Crippen LogP contribution in [-0.2, 0) is 97.9 Å². The van der Waals surface area contributed by atoms with Crippen LogP contribution in [0.1, 0.15) is 33.9 Å².